The van der Waals surface area contributed by atoms with Crippen LogP contribution in [0.3, 0.4) is 0 Å². The lowest BCUT2D eigenvalue weighted by molar-refractivity contribution is -0.142. The van der Waals surface area contributed by atoms with Crippen LogP contribution in [0.25, 0.3) is 0 Å². The van der Waals surface area contributed by atoms with Crippen LogP contribution in [0.4, 0.5) is 0 Å². The van der Waals surface area contributed by atoms with Crippen molar-refractivity contribution < 1.29 is 14.7 Å². The van der Waals surface area contributed by atoms with Gasteiger partial charge in [-0.1, -0.05) is 28.1 Å². The second-order valence-corrected chi connectivity index (χ2v) is 6.22. The van der Waals surface area contributed by atoms with Crippen LogP contribution in [0.2, 0.25) is 0 Å². The number of carboxylic acid groups (broad SMARTS) is 1. The molecule has 21 heavy (non-hydrogen) atoms. The third-order valence-corrected chi connectivity index (χ3v) is 4.27. The van der Waals surface area contributed by atoms with Gasteiger partial charge in [-0.05, 0) is 44.0 Å². The summed E-state index contributed by atoms with van der Waals surface area (Å²) >= 11 is 3.37. The van der Waals surface area contributed by atoms with E-state index in [2.05, 4.69) is 21.2 Å². The summed E-state index contributed by atoms with van der Waals surface area (Å²) in [6.45, 7) is 2.72. The topological polar surface area (TPSA) is 69.6 Å². The lowest BCUT2D eigenvalue weighted by Gasteiger charge is -2.22. The summed E-state index contributed by atoms with van der Waals surface area (Å²) in [4.78, 5) is 24.9. The van der Waals surface area contributed by atoms with Gasteiger partial charge in [0.15, 0.2) is 0 Å². The first-order valence-electron chi connectivity index (χ1n) is 6.99. The summed E-state index contributed by atoms with van der Waals surface area (Å²) in [5.74, 6) is -0.986. The molecule has 0 bridgehead atoms. The number of hydrogen-bond acceptors (Lipinski definition) is 3. The molecule has 0 spiro atoms. The Morgan fingerprint density at radius 1 is 1.43 bits per heavy atom. The average Bonchev–Trinajstić information content (AvgIpc) is 2.87. The summed E-state index contributed by atoms with van der Waals surface area (Å²) < 4.78 is 0.992. The molecule has 1 saturated heterocycles. The first-order valence-corrected chi connectivity index (χ1v) is 7.78. The fourth-order valence-electron chi connectivity index (χ4n) is 2.60. The van der Waals surface area contributed by atoms with Gasteiger partial charge in [0, 0.05) is 4.47 Å². The van der Waals surface area contributed by atoms with E-state index in [1.807, 2.05) is 31.2 Å². The molecule has 5 nitrogen and oxygen atoms in total. The highest BCUT2D eigenvalue weighted by atomic mass is 79.9. The Labute approximate surface area is 132 Å². The largest absolute Gasteiger partial charge is 0.480 e. The Morgan fingerprint density at radius 3 is 2.71 bits per heavy atom. The molecular formula is C15H19BrN2O3. The van der Waals surface area contributed by atoms with E-state index in [-0.39, 0.29) is 18.5 Å². The van der Waals surface area contributed by atoms with Crippen molar-refractivity contribution in [3.05, 3.63) is 34.3 Å². The highest BCUT2D eigenvalue weighted by Crippen LogP contribution is 2.18. The molecule has 1 aromatic rings. The third kappa shape index (κ3) is 4.28. The van der Waals surface area contributed by atoms with Crippen molar-refractivity contribution in [1.82, 2.24) is 10.2 Å². The van der Waals surface area contributed by atoms with Gasteiger partial charge < -0.3 is 10.4 Å². The Hall–Kier alpha value is -1.40. The monoisotopic (exact) mass is 354 g/mol. The van der Waals surface area contributed by atoms with Gasteiger partial charge in [0.1, 0.15) is 6.04 Å². The van der Waals surface area contributed by atoms with Crippen LogP contribution in [0, 0.1) is 0 Å². The standard InChI is InChI=1S/C15H19BrN2O3/c1-10(11-4-6-12(16)7-5-11)17-14(19)9-18-8-2-3-13(18)15(20)21/h4-7,10,13H,2-3,8-9H2,1H3,(H,17,19)(H,20,21). The van der Waals surface area contributed by atoms with E-state index in [1.54, 1.807) is 4.90 Å². The van der Waals surface area contributed by atoms with Gasteiger partial charge in [0.05, 0.1) is 12.6 Å². The molecule has 1 aliphatic rings. The van der Waals surface area contributed by atoms with Gasteiger partial charge in [0.25, 0.3) is 0 Å². The molecule has 2 unspecified atom stereocenters. The molecule has 0 saturated carbocycles. The van der Waals surface area contributed by atoms with Crippen LogP contribution in [-0.4, -0.2) is 41.0 Å². The SMILES string of the molecule is CC(NC(=O)CN1CCCC1C(=O)O)c1ccc(Br)cc1. The van der Waals surface area contributed by atoms with E-state index in [0.717, 1.165) is 16.5 Å². The molecule has 0 radical (unpaired) electrons. The maximum Gasteiger partial charge on any atom is 0.320 e. The summed E-state index contributed by atoms with van der Waals surface area (Å²) in [5, 5.41) is 12.0. The molecule has 1 heterocycles. The molecule has 0 aliphatic carbocycles. The van der Waals surface area contributed by atoms with Crippen molar-refractivity contribution in [1.29, 1.82) is 0 Å². The van der Waals surface area contributed by atoms with Gasteiger partial charge in [-0.2, -0.15) is 0 Å². The first-order chi connectivity index (χ1) is 9.97. The van der Waals surface area contributed by atoms with E-state index >= 15 is 0 Å². The van der Waals surface area contributed by atoms with E-state index in [9.17, 15) is 9.59 Å². The molecule has 0 aromatic heterocycles. The number of halogens is 1. The second-order valence-electron chi connectivity index (χ2n) is 5.31. The van der Waals surface area contributed by atoms with E-state index in [1.165, 1.54) is 0 Å². The van der Waals surface area contributed by atoms with Crippen LogP contribution in [0.1, 0.15) is 31.4 Å². The van der Waals surface area contributed by atoms with Crippen molar-refractivity contribution in [2.75, 3.05) is 13.1 Å². The van der Waals surface area contributed by atoms with Crippen LogP contribution in [-0.2, 0) is 9.59 Å². The predicted molar refractivity (Wildman–Crippen MR) is 82.9 cm³/mol. The minimum absolute atomic E-state index is 0.100. The van der Waals surface area contributed by atoms with Crippen LogP contribution >= 0.6 is 15.9 Å². The van der Waals surface area contributed by atoms with Crippen LogP contribution in [0.15, 0.2) is 28.7 Å². The Kier molecular flexibility index (Phi) is 5.36. The summed E-state index contributed by atoms with van der Waals surface area (Å²) in [6, 6.07) is 7.13. The number of carbonyl (C=O) groups excluding carboxylic acids is 1. The molecule has 1 aliphatic heterocycles. The number of amides is 1. The normalized spacial score (nSPS) is 20.2. The number of rotatable bonds is 5. The highest BCUT2D eigenvalue weighted by Gasteiger charge is 2.31. The summed E-state index contributed by atoms with van der Waals surface area (Å²) in [7, 11) is 0. The van der Waals surface area contributed by atoms with Crippen LogP contribution in [0.5, 0.6) is 0 Å². The van der Waals surface area contributed by atoms with Crippen molar-refractivity contribution in [2.45, 2.75) is 31.8 Å². The summed E-state index contributed by atoms with van der Waals surface area (Å²) in [5.41, 5.74) is 1.02. The van der Waals surface area contributed by atoms with Gasteiger partial charge in [-0.15, -0.1) is 0 Å². The maximum absolute atomic E-state index is 12.1. The van der Waals surface area contributed by atoms with Crippen molar-refractivity contribution in [2.24, 2.45) is 0 Å². The maximum atomic E-state index is 12.1. The molecule has 6 heteroatoms. The fraction of sp³-hybridized carbons (Fsp3) is 0.467. The van der Waals surface area contributed by atoms with Crippen LogP contribution < -0.4 is 5.32 Å². The number of likely N-dealkylation sites (tertiary alicyclic amines) is 1. The molecule has 2 atom stereocenters. The van der Waals surface area contributed by atoms with E-state index in [4.69, 9.17) is 5.11 Å². The zero-order valence-electron chi connectivity index (χ0n) is 11.9. The quantitative estimate of drug-likeness (QED) is 0.850. The summed E-state index contributed by atoms with van der Waals surface area (Å²) in [6.07, 6.45) is 1.44. The van der Waals surface area contributed by atoms with E-state index in [0.29, 0.717) is 13.0 Å². The third-order valence-electron chi connectivity index (χ3n) is 3.74. The van der Waals surface area contributed by atoms with Gasteiger partial charge >= 0.3 is 5.97 Å². The van der Waals surface area contributed by atoms with E-state index < -0.39 is 12.0 Å². The minimum atomic E-state index is -0.846. The fourth-order valence-corrected chi connectivity index (χ4v) is 2.87. The lowest BCUT2D eigenvalue weighted by atomic mass is 10.1. The number of benzene rings is 1. The predicted octanol–water partition coefficient (Wildman–Crippen LogP) is 2.18. The number of nitrogens with zero attached hydrogens (tertiary/aromatic N) is 1. The average molecular weight is 355 g/mol. The number of hydrogen-bond donors (Lipinski definition) is 2. The van der Waals surface area contributed by atoms with Crippen molar-refractivity contribution in [3.8, 4) is 0 Å². The number of carboxylic acids is 1. The second kappa shape index (κ2) is 7.04. The van der Waals surface area contributed by atoms with Gasteiger partial charge in [-0.25, -0.2) is 0 Å². The Bertz CT molecular complexity index is 518. The first kappa shape index (κ1) is 16.0. The smallest absolute Gasteiger partial charge is 0.320 e. The molecular weight excluding hydrogens is 336 g/mol. The van der Waals surface area contributed by atoms with Crippen molar-refractivity contribution in [3.63, 3.8) is 0 Å². The Balaban J connectivity index is 1.89. The Morgan fingerprint density at radius 2 is 2.10 bits per heavy atom. The number of nitrogens with one attached hydrogen (secondary N) is 1. The lowest BCUT2D eigenvalue weighted by Crippen LogP contribution is -2.43. The molecule has 114 valence electrons. The zero-order chi connectivity index (χ0) is 15.4. The zero-order valence-corrected chi connectivity index (χ0v) is 13.5. The molecule has 2 N–H and O–H groups in total. The molecule has 1 fully saturated rings. The number of aliphatic carboxylic acids is 1. The molecule has 1 aromatic carbocycles. The van der Waals surface area contributed by atoms with Gasteiger partial charge in [-0.3, -0.25) is 14.5 Å². The number of carbonyl (C=O) groups is 2. The van der Waals surface area contributed by atoms with Crippen molar-refractivity contribution >= 4 is 27.8 Å². The molecule has 1 amide bonds. The molecule has 2 rings (SSSR count). The minimum Gasteiger partial charge on any atom is -0.480 e. The van der Waals surface area contributed by atoms with Gasteiger partial charge in [0.2, 0.25) is 5.91 Å². The highest BCUT2D eigenvalue weighted by molar-refractivity contribution is 9.10.